The highest BCUT2D eigenvalue weighted by molar-refractivity contribution is 6.00. The fourth-order valence-electron chi connectivity index (χ4n) is 3.82. The predicted molar refractivity (Wildman–Crippen MR) is 115 cm³/mol. The van der Waals surface area contributed by atoms with E-state index in [1.807, 2.05) is 28.0 Å². The smallest absolute Gasteiger partial charge is 0.255 e. The van der Waals surface area contributed by atoms with Crippen LogP contribution in [-0.4, -0.2) is 80.7 Å². The Morgan fingerprint density at radius 1 is 0.900 bits per heavy atom. The Hall–Kier alpha value is -3.13. The maximum absolute atomic E-state index is 12.7. The van der Waals surface area contributed by atoms with E-state index < -0.39 is 0 Å². The number of nitrogens with one attached hydrogen (secondary N) is 1. The molecule has 1 aromatic heterocycles. The van der Waals surface area contributed by atoms with Gasteiger partial charge in [0.2, 0.25) is 5.91 Å². The van der Waals surface area contributed by atoms with E-state index in [0.717, 1.165) is 13.1 Å². The van der Waals surface area contributed by atoms with Crippen molar-refractivity contribution in [2.75, 3.05) is 68.8 Å². The molecule has 8 heteroatoms. The molecule has 2 aliphatic rings. The molecule has 2 amide bonds. The second-order valence-electron chi connectivity index (χ2n) is 7.36. The largest absolute Gasteiger partial charge is 0.378 e. The molecular formula is C22H27N5O3. The molecule has 0 atom stereocenters. The van der Waals surface area contributed by atoms with Gasteiger partial charge in [0.15, 0.2) is 0 Å². The van der Waals surface area contributed by atoms with Crippen LogP contribution in [0.5, 0.6) is 0 Å². The molecule has 1 N–H and O–H groups in total. The molecule has 2 aromatic rings. The maximum Gasteiger partial charge on any atom is 0.255 e. The molecule has 0 unspecified atom stereocenters. The number of amides is 2. The fourth-order valence-corrected chi connectivity index (χ4v) is 3.82. The minimum absolute atomic E-state index is 0.0123. The van der Waals surface area contributed by atoms with Gasteiger partial charge < -0.3 is 24.8 Å². The van der Waals surface area contributed by atoms with Crippen LogP contribution in [0.25, 0.3) is 0 Å². The van der Waals surface area contributed by atoms with Crippen LogP contribution in [0.1, 0.15) is 10.4 Å². The van der Waals surface area contributed by atoms with Gasteiger partial charge in [-0.3, -0.25) is 9.59 Å². The molecule has 8 nitrogen and oxygen atoms in total. The number of hydrogen-bond acceptors (Lipinski definition) is 6. The first-order valence-electron chi connectivity index (χ1n) is 10.4. The van der Waals surface area contributed by atoms with Crippen molar-refractivity contribution in [3.63, 3.8) is 0 Å². The van der Waals surface area contributed by atoms with Crippen molar-refractivity contribution in [1.82, 2.24) is 15.2 Å². The molecule has 158 valence electrons. The van der Waals surface area contributed by atoms with Crippen molar-refractivity contribution in [3.8, 4) is 0 Å². The van der Waals surface area contributed by atoms with Crippen LogP contribution in [0.4, 0.5) is 11.5 Å². The molecule has 0 bridgehead atoms. The number of aromatic nitrogens is 1. The second-order valence-corrected chi connectivity index (χ2v) is 7.36. The number of benzene rings is 1. The Labute approximate surface area is 176 Å². The zero-order valence-corrected chi connectivity index (χ0v) is 17.0. The van der Waals surface area contributed by atoms with E-state index in [1.54, 1.807) is 18.3 Å². The molecule has 2 aliphatic heterocycles. The van der Waals surface area contributed by atoms with Crippen LogP contribution in [0.3, 0.4) is 0 Å². The van der Waals surface area contributed by atoms with Crippen LogP contribution >= 0.6 is 0 Å². The molecule has 1 aromatic carbocycles. The molecular weight excluding hydrogens is 382 g/mol. The Morgan fingerprint density at radius 2 is 1.63 bits per heavy atom. The quantitative estimate of drug-likeness (QED) is 0.794. The van der Waals surface area contributed by atoms with Crippen LogP contribution in [0.2, 0.25) is 0 Å². The Morgan fingerprint density at radius 3 is 2.37 bits per heavy atom. The summed E-state index contributed by atoms with van der Waals surface area (Å²) in [6, 6.07) is 13.7. The van der Waals surface area contributed by atoms with Crippen molar-refractivity contribution in [2.45, 2.75) is 0 Å². The Kier molecular flexibility index (Phi) is 6.44. The summed E-state index contributed by atoms with van der Waals surface area (Å²) in [7, 11) is 0. The first-order chi connectivity index (χ1) is 14.7. The molecule has 0 spiro atoms. The van der Waals surface area contributed by atoms with Gasteiger partial charge in [-0.05, 0) is 24.3 Å². The van der Waals surface area contributed by atoms with E-state index in [-0.39, 0.29) is 18.4 Å². The Bertz CT molecular complexity index is 862. The highest BCUT2D eigenvalue weighted by Gasteiger charge is 2.23. The number of ether oxygens (including phenoxy) is 1. The number of anilines is 2. The zero-order chi connectivity index (χ0) is 20.8. The summed E-state index contributed by atoms with van der Waals surface area (Å²) in [5, 5.41) is 2.78. The number of carbonyl (C=O) groups is 2. The molecule has 4 rings (SSSR count). The van der Waals surface area contributed by atoms with E-state index in [2.05, 4.69) is 27.3 Å². The molecule has 30 heavy (non-hydrogen) atoms. The van der Waals surface area contributed by atoms with Crippen LogP contribution in [-0.2, 0) is 9.53 Å². The third-order valence-corrected chi connectivity index (χ3v) is 5.50. The summed E-state index contributed by atoms with van der Waals surface area (Å²) >= 11 is 0. The number of para-hydroxylation sites is 1. The number of rotatable bonds is 5. The monoisotopic (exact) mass is 409 g/mol. The highest BCUT2D eigenvalue weighted by atomic mass is 16.5. The number of pyridine rings is 1. The number of morpholine rings is 1. The molecule has 2 saturated heterocycles. The van der Waals surface area contributed by atoms with Crippen LogP contribution in [0.15, 0.2) is 48.7 Å². The van der Waals surface area contributed by atoms with Crippen LogP contribution in [0, 0.1) is 0 Å². The average molecular weight is 409 g/mol. The first-order valence-corrected chi connectivity index (χ1v) is 10.4. The van der Waals surface area contributed by atoms with Gasteiger partial charge in [0.05, 0.1) is 25.3 Å². The summed E-state index contributed by atoms with van der Waals surface area (Å²) in [6.07, 6.45) is 1.68. The lowest BCUT2D eigenvalue weighted by atomic mass is 10.2. The van der Waals surface area contributed by atoms with E-state index in [0.29, 0.717) is 50.8 Å². The van der Waals surface area contributed by atoms with E-state index in [1.165, 1.54) is 5.69 Å². The third kappa shape index (κ3) is 4.71. The minimum atomic E-state index is -0.277. The van der Waals surface area contributed by atoms with Crippen molar-refractivity contribution in [2.24, 2.45) is 0 Å². The number of piperazine rings is 1. The van der Waals surface area contributed by atoms with Crippen molar-refractivity contribution in [3.05, 3.63) is 54.2 Å². The average Bonchev–Trinajstić information content (AvgIpc) is 2.83. The minimum Gasteiger partial charge on any atom is -0.378 e. The summed E-state index contributed by atoms with van der Waals surface area (Å²) in [5.41, 5.74) is 1.66. The standard InChI is InChI=1S/C22H27N5O3/c28-20(26-11-9-25(10-12-26)18-5-2-1-3-6-18)17-24-22(29)19-7-4-8-23-21(19)27-13-15-30-16-14-27/h1-8H,9-17H2,(H,24,29). The fraction of sp³-hybridized carbons (Fsp3) is 0.409. The molecule has 0 saturated carbocycles. The number of hydrogen-bond donors (Lipinski definition) is 1. The van der Waals surface area contributed by atoms with E-state index >= 15 is 0 Å². The van der Waals surface area contributed by atoms with Gasteiger partial charge in [-0.1, -0.05) is 18.2 Å². The molecule has 3 heterocycles. The lowest BCUT2D eigenvalue weighted by Crippen LogP contribution is -2.51. The van der Waals surface area contributed by atoms with Gasteiger partial charge in [-0.15, -0.1) is 0 Å². The van der Waals surface area contributed by atoms with E-state index in [9.17, 15) is 9.59 Å². The lowest BCUT2D eigenvalue weighted by Gasteiger charge is -2.36. The topological polar surface area (TPSA) is 78.0 Å². The summed E-state index contributed by atoms with van der Waals surface area (Å²) < 4.78 is 5.38. The number of nitrogens with zero attached hydrogens (tertiary/aromatic N) is 4. The van der Waals surface area contributed by atoms with Gasteiger partial charge in [-0.2, -0.15) is 0 Å². The van der Waals surface area contributed by atoms with E-state index in [4.69, 9.17) is 4.74 Å². The van der Waals surface area contributed by atoms with Gasteiger partial charge in [0.25, 0.3) is 5.91 Å². The summed E-state index contributed by atoms with van der Waals surface area (Å²) in [6.45, 7) is 5.48. The van der Waals surface area contributed by atoms with Crippen molar-refractivity contribution >= 4 is 23.3 Å². The van der Waals surface area contributed by atoms with Crippen molar-refractivity contribution in [1.29, 1.82) is 0 Å². The number of carbonyl (C=O) groups excluding carboxylic acids is 2. The summed E-state index contributed by atoms with van der Waals surface area (Å²) in [5.74, 6) is 0.302. The maximum atomic E-state index is 12.7. The second kappa shape index (κ2) is 9.58. The van der Waals surface area contributed by atoms with Gasteiger partial charge in [0, 0.05) is 51.2 Å². The normalized spacial score (nSPS) is 17.0. The van der Waals surface area contributed by atoms with Crippen LogP contribution < -0.4 is 15.1 Å². The molecule has 2 fully saturated rings. The molecule has 0 aliphatic carbocycles. The summed E-state index contributed by atoms with van der Waals surface area (Å²) in [4.78, 5) is 35.9. The first kappa shape index (κ1) is 20.2. The predicted octanol–water partition coefficient (Wildman–Crippen LogP) is 0.997. The third-order valence-electron chi connectivity index (χ3n) is 5.50. The van der Waals surface area contributed by atoms with Gasteiger partial charge in [-0.25, -0.2) is 4.98 Å². The Balaban J connectivity index is 1.30. The van der Waals surface area contributed by atoms with Gasteiger partial charge in [0.1, 0.15) is 5.82 Å². The lowest BCUT2D eigenvalue weighted by molar-refractivity contribution is -0.130. The van der Waals surface area contributed by atoms with Gasteiger partial charge >= 0.3 is 0 Å². The SMILES string of the molecule is O=C(NCC(=O)N1CCN(c2ccccc2)CC1)c1cccnc1N1CCOCC1. The highest BCUT2D eigenvalue weighted by Crippen LogP contribution is 2.18. The zero-order valence-electron chi connectivity index (χ0n) is 17.0. The molecule has 0 radical (unpaired) electrons. The van der Waals surface area contributed by atoms with Crippen molar-refractivity contribution < 1.29 is 14.3 Å².